The molecule has 1 saturated carbocycles. The maximum absolute atomic E-state index is 12.8. The smallest absolute Gasteiger partial charge is 0.253 e. The molecule has 0 bridgehead atoms. The number of benzene rings is 1. The van der Waals surface area contributed by atoms with E-state index < -0.39 is 0 Å². The summed E-state index contributed by atoms with van der Waals surface area (Å²) in [6.07, 6.45) is 4.84. The Morgan fingerprint density at radius 1 is 1.19 bits per heavy atom. The summed E-state index contributed by atoms with van der Waals surface area (Å²) in [5, 5.41) is 6.48. The lowest BCUT2D eigenvalue weighted by Gasteiger charge is -2.18. The second-order valence-corrected chi connectivity index (χ2v) is 8.29. The van der Waals surface area contributed by atoms with Gasteiger partial charge in [0.1, 0.15) is 0 Å². The molecule has 2 aromatic rings. The molecule has 1 aromatic carbocycles. The van der Waals surface area contributed by atoms with Crippen LogP contribution in [0, 0.1) is 20.8 Å². The van der Waals surface area contributed by atoms with Gasteiger partial charge in [-0.3, -0.25) is 9.59 Å². The highest BCUT2D eigenvalue weighted by molar-refractivity contribution is 9.10. The topological polar surface area (TPSA) is 74.0 Å². The van der Waals surface area contributed by atoms with Gasteiger partial charge in [0.25, 0.3) is 11.5 Å². The van der Waals surface area contributed by atoms with Crippen LogP contribution in [0.1, 0.15) is 58.4 Å². The number of hydrogen-bond donors (Lipinski definition) is 3. The van der Waals surface area contributed by atoms with Gasteiger partial charge in [0, 0.05) is 39.6 Å². The molecule has 144 valence electrons. The highest BCUT2D eigenvalue weighted by Gasteiger charge is 2.19. The summed E-state index contributed by atoms with van der Waals surface area (Å²) in [6.45, 7) is 5.90. The van der Waals surface area contributed by atoms with Crippen LogP contribution in [-0.2, 0) is 6.54 Å². The van der Waals surface area contributed by atoms with Gasteiger partial charge in [0.15, 0.2) is 0 Å². The maximum atomic E-state index is 12.8. The maximum Gasteiger partial charge on any atom is 0.253 e. The van der Waals surface area contributed by atoms with Crippen LogP contribution in [0.4, 0.5) is 5.69 Å². The molecule has 3 rings (SSSR count). The number of H-pyrrole nitrogens is 1. The molecular weight excluding hydrogens is 406 g/mol. The van der Waals surface area contributed by atoms with Gasteiger partial charge in [-0.2, -0.15) is 0 Å². The molecule has 1 aromatic heterocycles. The van der Waals surface area contributed by atoms with Crippen molar-refractivity contribution >= 4 is 27.5 Å². The molecule has 6 heteroatoms. The Bertz CT molecular complexity index is 914. The fourth-order valence-corrected chi connectivity index (χ4v) is 4.18. The molecule has 3 N–H and O–H groups in total. The Morgan fingerprint density at radius 3 is 2.56 bits per heavy atom. The van der Waals surface area contributed by atoms with Gasteiger partial charge >= 0.3 is 0 Å². The largest absolute Gasteiger partial charge is 0.382 e. The highest BCUT2D eigenvalue weighted by atomic mass is 79.9. The van der Waals surface area contributed by atoms with Gasteiger partial charge in [0.05, 0.1) is 0 Å². The predicted molar refractivity (Wildman–Crippen MR) is 112 cm³/mol. The molecule has 0 spiro atoms. The first-order chi connectivity index (χ1) is 12.8. The monoisotopic (exact) mass is 431 g/mol. The Labute approximate surface area is 168 Å². The molecule has 1 amide bonds. The first-order valence-electron chi connectivity index (χ1n) is 9.39. The van der Waals surface area contributed by atoms with Crippen molar-refractivity contribution in [3.05, 3.63) is 61.0 Å². The van der Waals surface area contributed by atoms with E-state index in [2.05, 4.69) is 31.5 Å². The van der Waals surface area contributed by atoms with Gasteiger partial charge in [0.2, 0.25) is 0 Å². The van der Waals surface area contributed by atoms with Crippen molar-refractivity contribution in [2.24, 2.45) is 0 Å². The van der Waals surface area contributed by atoms with Crippen LogP contribution in [0.25, 0.3) is 0 Å². The fourth-order valence-electron chi connectivity index (χ4n) is 3.72. The Morgan fingerprint density at radius 2 is 1.89 bits per heavy atom. The molecule has 0 saturated heterocycles. The molecule has 27 heavy (non-hydrogen) atoms. The van der Waals surface area contributed by atoms with Crippen LogP contribution in [0.15, 0.2) is 27.5 Å². The third-order valence-corrected chi connectivity index (χ3v) is 5.71. The first-order valence-corrected chi connectivity index (χ1v) is 10.2. The lowest BCUT2D eigenvalue weighted by molar-refractivity contribution is 0.0950. The van der Waals surface area contributed by atoms with E-state index in [1.807, 2.05) is 39.0 Å². The summed E-state index contributed by atoms with van der Waals surface area (Å²) in [5.41, 5.74) is 4.67. The molecule has 0 aliphatic heterocycles. The molecular formula is C21H26BrN3O2. The van der Waals surface area contributed by atoms with Crippen molar-refractivity contribution < 1.29 is 4.79 Å². The van der Waals surface area contributed by atoms with E-state index in [9.17, 15) is 9.59 Å². The van der Waals surface area contributed by atoms with Crippen molar-refractivity contribution in [2.75, 3.05) is 5.32 Å². The number of nitrogens with one attached hydrogen (secondary N) is 3. The molecule has 1 aliphatic rings. The minimum absolute atomic E-state index is 0.151. The van der Waals surface area contributed by atoms with Crippen molar-refractivity contribution in [3.8, 4) is 0 Å². The molecule has 1 heterocycles. The Hall–Kier alpha value is -2.08. The van der Waals surface area contributed by atoms with Crippen molar-refractivity contribution in [2.45, 2.75) is 59.0 Å². The van der Waals surface area contributed by atoms with Crippen LogP contribution in [0.2, 0.25) is 0 Å². The SMILES string of the molecule is Cc1cc(C)c(CNC(=O)c2cc(Br)cc(NC3CCCC3)c2C)c(=O)[nH]1. The summed E-state index contributed by atoms with van der Waals surface area (Å²) < 4.78 is 0.864. The summed E-state index contributed by atoms with van der Waals surface area (Å²) in [5.74, 6) is -0.178. The second kappa shape index (κ2) is 8.30. The molecule has 0 unspecified atom stereocenters. The van der Waals surface area contributed by atoms with E-state index in [0.29, 0.717) is 17.2 Å². The summed E-state index contributed by atoms with van der Waals surface area (Å²) in [7, 11) is 0. The molecule has 0 atom stereocenters. The molecule has 1 aliphatic carbocycles. The number of aromatic amines is 1. The van der Waals surface area contributed by atoms with Crippen molar-refractivity contribution in [1.82, 2.24) is 10.3 Å². The number of halogens is 1. The van der Waals surface area contributed by atoms with E-state index in [1.165, 1.54) is 25.7 Å². The van der Waals surface area contributed by atoms with Gasteiger partial charge in [-0.1, -0.05) is 28.8 Å². The van der Waals surface area contributed by atoms with E-state index in [0.717, 1.165) is 27.0 Å². The van der Waals surface area contributed by atoms with E-state index in [1.54, 1.807) is 0 Å². The Kier molecular flexibility index (Phi) is 6.05. The highest BCUT2D eigenvalue weighted by Crippen LogP contribution is 2.29. The average molecular weight is 432 g/mol. The number of carbonyl (C=O) groups is 1. The van der Waals surface area contributed by atoms with Gasteiger partial charge < -0.3 is 15.6 Å². The zero-order valence-electron chi connectivity index (χ0n) is 16.0. The van der Waals surface area contributed by atoms with Gasteiger partial charge in [-0.05, 0) is 62.9 Å². The number of amides is 1. The number of anilines is 1. The quantitative estimate of drug-likeness (QED) is 0.658. The number of aromatic nitrogens is 1. The zero-order chi connectivity index (χ0) is 19.6. The molecule has 5 nitrogen and oxygen atoms in total. The van der Waals surface area contributed by atoms with Gasteiger partial charge in [-0.15, -0.1) is 0 Å². The minimum atomic E-state index is -0.178. The summed E-state index contributed by atoms with van der Waals surface area (Å²) >= 11 is 3.52. The van der Waals surface area contributed by atoms with Crippen LogP contribution >= 0.6 is 15.9 Å². The lowest BCUT2D eigenvalue weighted by Crippen LogP contribution is -2.28. The fraction of sp³-hybridized carbons (Fsp3) is 0.429. The number of rotatable bonds is 5. The third kappa shape index (κ3) is 4.61. The van der Waals surface area contributed by atoms with Crippen molar-refractivity contribution in [1.29, 1.82) is 0 Å². The van der Waals surface area contributed by atoms with E-state index in [-0.39, 0.29) is 18.0 Å². The second-order valence-electron chi connectivity index (χ2n) is 7.38. The third-order valence-electron chi connectivity index (χ3n) is 5.25. The number of carbonyl (C=O) groups excluding carboxylic acids is 1. The van der Waals surface area contributed by atoms with Gasteiger partial charge in [-0.25, -0.2) is 0 Å². The minimum Gasteiger partial charge on any atom is -0.382 e. The number of pyridine rings is 1. The Balaban J connectivity index is 1.78. The number of aryl methyl sites for hydroxylation is 2. The predicted octanol–water partition coefficient (Wildman–Crippen LogP) is 4.35. The summed E-state index contributed by atoms with van der Waals surface area (Å²) in [6, 6.07) is 6.25. The normalized spacial score (nSPS) is 14.4. The van der Waals surface area contributed by atoms with Crippen LogP contribution in [-0.4, -0.2) is 16.9 Å². The number of hydrogen-bond acceptors (Lipinski definition) is 3. The molecule has 1 fully saturated rings. The van der Waals surface area contributed by atoms with Crippen LogP contribution in [0.3, 0.4) is 0 Å². The van der Waals surface area contributed by atoms with Crippen molar-refractivity contribution in [3.63, 3.8) is 0 Å². The van der Waals surface area contributed by atoms with E-state index in [4.69, 9.17) is 0 Å². The molecule has 0 radical (unpaired) electrons. The average Bonchev–Trinajstić information content (AvgIpc) is 3.09. The first kappa shape index (κ1) is 19.7. The van der Waals surface area contributed by atoms with Crippen LogP contribution in [0.5, 0.6) is 0 Å². The van der Waals surface area contributed by atoms with Crippen LogP contribution < -0.4 is 16.2 Å². The summed E-state index contributed by atoms with van der Waals surface area (Å²) in [4.78, 5) is 27.7. The lowest BCUT2D eigenvalue weighted by atomic mass is 10.0. The standard InChI is InChI=1S/C21H26BrN3O2/c1-12-8-13(2)24-21(27)18(12)11-23-20(26)17-9-15(22)10-19(14(17)3)25-16-6-4-5-7-16/h8-10,16,25H,4-7,11H2,1-3H3,(H,23,26)(H,24,27). The zero-order valence-corrected chi connectivity index (χ0v) is 17.6. The van der Waals surface area contributed by atoms with E-state index >= 15 is 0 Å².